The van der Waals surface area contributed by atoms with Gasteiger partial charge in [-0.3, -0.25) is 4.90 Å². The van der Waals surface area contributed by atoms with Gasteiger partial charge in [0.1, 0.15) is 23.7 Å². The number of ether oxygens (including phenoxy) is 4. The minimum atomic E-state index is -1.14. The number of amides is 1. The molecule has 0 bridgehead atoms. The van der Waals surface area contributed by atoms with Crippen molar-refractivity contribution in [2.75, 3.05) is 13.2 Å². The van der Waals surface area contributed by atoms with Crippen LogP contribution >= 0.6 is 27.5 Å². The molecule has 2 rings (SSSR count). The van der Waals surface area contributed by atoms with E-state index in [0.29, 0.717) is 16.3 Å². The molecule has 8 nitrogen and oxygen atoms in total. The van der Waals surface area contributed by atoms with E-state index >= 15 is 0 Å². The summed E-state index contributed by atoms with van der Waals surface area (Å²) in [6.07, 6.45) is -0.544. The lowest BCUT2D eigenvalue weighted by Gasteiger charge is -2.33. The highest BCUT2D eigenvalue weighted by Gasteiger charge is 2.29. The van der Waals surface area contributed by atoms with Gasteiger partial charge in [0.15, 0.2) is 6.61 Å². The largest absolute Gasteiger partial charge is 0.487 e. The molecule has 39 heavy (non-hydrogen) atoms. The Morgan fingerprint density at radius 2 is 1.69 bits per heavy atom. The molecule has 10 heteroatoms. The van der Waals surface area contributed by atoms with Crippen molar-refractivity contribution in [2.45, 2.75) is 85.8 Å². The Kier molecular flexibility index (Phi) is 11.5. The SMILES string of the molecule is Cc1cccc(COc2cc(OCC(=O)O)c(CN(C(=O)OC(C)(C)C)C(C)COC(C)(C)C)cc2Cl)c1Br. The van der Waals surface area contributed by atoms with Gasteiger partial charge in [0.25, 0.3) is 0 Å². The molecule has 0 radical (unpaired) electrons. The summed E-state index contributed by atoms with van der Waals surface area (Å²) in [7, 11) is 0. The summed E-state index contributed by atoms with van der Waals surface area (Å²) < 4.78 is 24.1. The minimum Gasteiger partial charge on any atom is -0.487 e. The molecular weight excluding hydrogens is 590 g/mol. The Labute approximate surface area is 244 Å². The number of carboxylic acid groups (broad SMARTS) is 1. The first-order valence-corrected chi connectivity index (χ1v) is 13.8. The topological polar surface area (TPSA) is 94.5 Å². The van der Waals surface area contributed by atoms with Crippen LogP contribution < -0.4 is 9.47 Å². The molecule has 0 saturated heterocycles. The summed E-state index contributed by atoms with van der Waals surface area (Å²) in [5.41, 5.74) is 1.36. The van der Waals surface area contributed by atoms with Gasteiger partial charge >= 0.3 is 12.1 Å². The van der Waals surface area contributed by atoms with Gasteiger partial charge in [0.2, 0.25) is 0 Å². The molecule has 0 aliphatic rings. The van der Waals surface area contributed by atoms with E-state index in [2.05, 4.69) is 15.9 Å². The van der Waals surface area contributed by atoms with E-state index in [-0.39, 0.29) is 31.5 Å². The summed E-state index contributed by atoms with van der Waals surface area (Å²) in [4.78, 5) is 26.0. The van der Waals surface area contributed by atoms with E-state index in [4.69, 9.17) is 30.5 Å². The molecule has 0 aliphatic heterocycles. The Balaban J connectivity index is 2.41. The third kappa shape index (κ3) is 10.9. The van der Waals surface area contributed by atoms with Crippen molar-refractivity contribution < 1.29 is 33.6 Å². The first-order valence-electron chi connectivity index (χ1n) is 12.6. The first-order chi connectivity index (χ1) is 18.0. The fourth-order valence-electron chi connectivity index (χ4n) is 3.42. The van der Waals surface area contributed by atoms with Gasteiger partial charge in [-0.15, -0.1) is 0 Å². The second kappa shape index (κ2) is 13.7. The van der Waals surface area contributed by atoms with Crippen molar-refractivity contribution in [1.29, 1.82) is 0 Å². The zero-order valence-electron chi connectivity index (χ0n) is 23.9. The van der Waals surface area contributed by atoms with E-state index in [0.717, 1.165) is 15.6 Å². The Morgan fingerprint density at radius 3 is 2.28 bits per heavy atom. The molecule has 0 aliphatic carbocycles. The predicted molar refractivity (Wildman–Crippen MR) is 155 cm³/mol. The lowest BCUT2D eigenvalue weighted by molar-refractivity contribution is -0.139. The number of hydrogen-bond acceptors (Lipinski definition) is 6. The fourth-order valence-corrected chi connectivity index (χ4v) is 4.04. The zero-order chi connectivity index (χ0) is 29.5. The number of rotatable bonds is 11. The van der Waals surface area contributed by atoms with E-state index in [1.807, 2.05) is 52.8 Å². The maximum atomic E-state index is 13.2. The van der Waals surface area contributed by atoms with Crippen molar-refractivity contribution in [3.63, 3.8) is 0 Å². The van der Waals surface area contributed by atoms with Crippen LogP contribution in [-0.2, 0) is 27.4 Å². The van der Waals surface area contributed by atoms with Crippen LogP contribution in [0.2, 0.25) is 5.02 Å². The molecule has 1 unspecified atom stereocenters. The van der Waals surface area contributed by atoms with Crippen LogP contribution in [0.25, 0.3) is 0 Å². The van der Waals surface area contributed by atoms with Gasteiger partial charge in [0.05, 0.1) is 29.8 Å². The van der Waals surface area contributed by atoms with Crippen molar-refractivity contribution in [1.82, 2.24) is 4.90 Å². The van der Waals surface area contributed by atoms with Gasteiger partial charge in [-0.25, -0.2) is 9.59 Å². The summed E-state index contributed by atoms with van der Waals surface area (Å²) in [6, 6.07) is 8.64. The Morgan fingerprint density at radius 1 is 1.03 bits per heavy atom. The normalized spacial score (nSPS) is 12.6. The molecule has 0 fully saturated rings. The lowest BCUT2D eigenvalue weighted by atomic mass is 10.1. The maximum Gasteiger partial charge on any atom is 0.410 e. The molecule has 1 N–H and O–H groups in total. The van der Waals surface area contributed by atoms with Crippen LogP contribution in [0.15, 0.2) is 34.8 Å². The average molecular weight is 629 g/mol. The van der Waals surface area contributed by atoms with Crippen molar-refractivity contribution >= 4 is 39.6 Å². The number of carbonyl (C=O) groups excluding carboxylic acids is 1. The van der Waals surface area contributed by atoms with Gasteiger partial charge in [0, 0.05) is 21.7 Å². The molecule has 2 aromatic rings. The minimum absolute atomic E-state index is 0.0436. The second-order valence-corrected chi connectivity index (χ2v) is 12.5. The molecule has 2 aromatic carbocycles. The molecule has 216 valence electrons. The van der Waals surface area contributed by atoms with Gasteiger partial charge < -0.3 is 24.1 Å². The van der Waals surface area contributed by atoms with Crippen molar-refractivity contribution in [2.24, 2.45) is 0 Å². The van der Waals surface area contributed by atoms with Crippen LogP contribution in [-0.4, -0.2) is 52.5 Å². The number of halogens is 2. The molecule has 0 saturated carbocycles. The molecular formula is C29H39BrClNO7. The molecule has 0 heterocycles. The maximum absolute atomic E-state index is 13.2. The third-order valence-corrected chi connectivity index (χ3v) is 6.81. The van der Waals surface area contributed by atoms with E-state index in [9.17, 15) is 14.7 Å². The van der Waals surface area contributed by atoms with Crippen molar-refractivity contribution in [3.05, 3.63) is 56.5 Å². The smallest absolute Gasteiger partial charge is 0.410 e. The highest BCUT2D eigenvalue weighted by molar-refractivity contribution is 9.10. The van der Waals surface area contributed by atoms with E-state index in [1.165, 1.54) is 4.90 Å². The number of aliphatic carboxylic acids is 1. The zero-order valence-corrected chi connectivity index (χ0v) is 26.2. The predicted octanol–water partition coefficient (Wildman–Crippen LogP) is 7.39. The number of carbonyl (C=O) groups is 2. The molecule has 0 spiro atoms. The molecule has 1 atom stereocenters. The van der Waals surface area contributed by atoms with Gasteiger partial charge in [-0.1, -0.05) is 45.7 Å². The molecule has 0 aromatic heterocycles. The monoisotopic (exact) mass is 627 g/mol. The number of carboxylic acids is 1. The van der Waals surface area contributed by atoms with E-state index < -0.39 is 29.9 Å². The average Bonchev–Trinajstić information content (AvgIpc) is 2.80. The standard InChI is InChI=1S/C29H39BrClNO7/c1-18-10-9-11-20(26(18)30)16-36-24-13-23(37-17-25(33)34)21(12-22(24)31)14-32(27(35)39-29(6,7)8)19(2)15-38-28(3,4)5/h9-13,19H,14-17H2,1-8H3,(H,33,34). The van der Waals surface area contributed by atoms with Crippen molar-refractivity contribution in [3.8, 4) is 11.5 Å². The summed E-state index contributed by atoms with van der Waals surface area (Å²) in [5, 5.41) is 9.53. The van der Waals surface area contributed by atoms with Crippen LogP contribution in [0.5, 0.6) is 11.5 Å². The summed E-state index contributed by atoms with van der Waals surface area (Å²) in [5.74, 6) is -0.585. The van der Waals surface area contributed by atoms with Crippen LogP contribution in [0, 0.1) is 6.92 Å². The number of aryl methyl sites for hydroxylation is 1. The third-order valence-electron chi connectivity index (χ3n) is 5.38. The highest BCUT2D eigenvalue weighted by Crippen LogP contribution is 2.35. The summed E-state index contributed by atoms with van der Waals surface area (Å²) in [6.45, 7) is 15.0. The van der Waals surface area contributed by atoms with E-state index in [1.54, 1.807) is 32.9 Å². The lowest BCUT2D eigenvalue weighted by Crippen LogP contribution is -2.44. The number of nitrogens with zero attached hydrogens (tertiary/aromatic N) is 1. The van der Waals surface area contributed by atoms with Gasteiger partial charge in [-0.05, 0) is 67.0 Å². The highest BCUT2D eigenvalue weighted by atomic mass is 79.9. The Hall–Kier alpha value is -2.49. The number of hydrogen-bond donors (Lipinski definition) is 1. The fraction of sp³-hybridized carbons (Fsp3) is 0.517. The van der Waals surface area contributed by atoms with Crippen LogP contribution in [0.3, 0.4) is 0 Å². The van der Waals surface area contributed by atoms with Crippen LogP contribution in [0.4, 0.5) is 4.79 Å². The van der Waals surface area contributed by atoms with Crippen LogP contribution in [0.1, 0.15) is 65.2 Å². The quantitative estimate of drug-likeness (QED) is 0.277. The molecule has 1 amide bonds. The Bertz CT molecular complexity index is 1160. The van der Waals surface area contributed by atoms with Gasteiger partial charge in [-0.2, -0.15) is 0 Å². The second-order valence-electron chi connectivity index (χ2n) is 11.3. The summed E-state index contributed by atoms with van der Waals surface area (Å²) >= 11 is 10.2. The first kappa shape index (κ1) is 32.7. The number of benzene rings is 2.